The molecule has 2 N–H and O–H groups in total. The number of carbonyl (C=O) groups is 3. The van der Waals surface area contributed by atoms with Crippen LogP contribution in [-0.2, 0) is 20.9 Å². The largest absolute Gasteiger partial charge is 0.508 e. The lowest BCUT2D eigenvalue weighted by molar-refractivity contribution is -0.166. The Labute approximate surface area is 291 Å². The van der Waals surface area contributed by atoms with Crippen LogP contribution in [0.25, 0.3) is 11.1 Å². The fourth-order valence-corrected chi connectivity index (χ4v) is 6.08. The minimum Gasteiger partial charge on any atom is -0.508 e. The van der Waals surface area contributed by atoms with E-state index in [0.29, 0.717) is 44.7 Å². The first kappa shape index (κ1) is 37.4. The number of ether oxygens (including phenoxy) is 1. The van der Waals surface area contributed by atoms with Crippen molar-refractivity contribution in [3.63, 3.8) is 0 Å². The fraction of sp³-hybridized carbons (Fsp3) is 0.462. The molecular weight excluding hydrogens is 618 g/mol. The van der Waals surface area contributed by atoms with Crippen LogP contribution in [0.3, 0.4) is 0 Å². The van der Waals surface area contributed by atoms with Crippen LogP contribution in [-0.4, -0.2) is 94.7 Å². The highest BCUT2D eigenvalue weighted by atomic mass is 16.6. The molecule has 3 aromatic carbocycles. The molecule has 1 saturated heterocycles. The van der Waals surface area contributed by atoms with Crippen LogP contribution in [0, 0.1) is 0 Å². The van der Waals surface area contributed by atoms with Crippen LogP contribution in [0.15, 0.2) is 78.9 Å². The van der Waals surface area contributed by atoms with Crippen LogP contribution >= 0.6 is 0 Å². The summed E-state index contributed by atoms with van der Waals surface area (Å²) in [4.78, 5) is 44.8. The summed E-state index contributed by atoms with van der Waals surface area (Å²) in [6, 6.07) is 24.4. The number of hydrazine groups is 1. The molecule has 0 aliphatic carbocycles. The number of amides is 3. The first-order chi connectivity index (χ1) is 23.8. The zero-order valence-electron chi connectivity index (χ0n) is 29.4. The van der Waals surface area contributed by atoms with Gasteiger partial charge >= 0.3 is 6.09 Å². The zero-order chi connectivity index (χ0) is 35.0. The summed E-state index contributed by atoms with van der Waals surface area (Å²) in [7, 11) is 0. The minimum absolute atomic E-state index is 0.0855. The maximum atomic E-state index is 13.9. The second kappa shape index (κ2) is 19.6. The Bertz CT molecular complexity index is 1460. The molecule has 0 unspecified atom stereocenters. The van der Waals surface area contributed by atoms with E-state index in [4.69, 9.17) is 4.74 Å². The number of phenolic OH excluding ortho intramolecular Hbond substituents is 1. The second-order valence-electron chi connectivity index (χ2n) is 12.5. The number of hydrogen-bond acceptors (Lipinski definition) is 7. The number of nitrogens with one attached hydrogen (secondary N) is 1. The maximum Gasteiger partial charge on any atom is 0.411 e. The van der Waals surface area contributed by atoms with Gasteiger partial charge in [-0.25, -0.2) is 9.80 Å². The highest BCUT2D eigenvalue weighted by molar-refractivity contribution is 5.91. The molecule has 3 amide bonds. The SMILES string of the molecule is CCCCCN(C(=O)CCN1CCC(OC(=O)Nc2ccccc2-c2ccccc2)CC1)N(Cc1ccc(O)cc1)C(=O)CN(CC)CC. The zero-order valence-corrected chi connectivity index (χ0v) is 29.4. The predicted octanol–water partition coefficient (Wildman–Crippen LogP) is 6.77. The van der Waals surface area contributed by atoms with E-state index in [2.05, 4.69) is 22.0 Å². The Morgan fingerprint density at radius 3 is 2.18 bits per heavy atom. The third kappa shape index (κ3) is 11.6. The first-order valence-electron chi connectivity index (χ1n) is 17.8. The molecule has 0 saturated carbocycles. The molecule has 1 fully saturated rings. The van der Waals surface area contributed by atoms with Crippen molar-refractivity contribution in [1.29, 1.82) is 0 Å². The minimum atomic E-state index is -0.470. The average Bonchev–Trinajstić information content (AvgIpc) is 3.12. The van der Waals surface area contributed by atoms with Gasteiger partial charge in [0.2, 0.25) is 5.91 Å². The standard InChI is InChI=1S/C39H53N5O5/c1-4-7-13-25-43(44(38(47)30-41(5-2)6-3)29-31-18-20-33(45)21-19-31)37(46)24-28-42-26-22-34(23-27-42)49-39(48)40-36-17-12-11-16-35(36)32-14-9-8-10-15-32/h8-12,14-21,34,45H,4-7,13,22-30H2,1-3H3,(H,40,48). The lowest BCUT2D eigenvalue weighted by Crippen LogP contribution is -2.53. The van der Waals surface area contributed by atoms with Gasteiger partial charge in [-0.1, -0.05) is 94.3 Å². The van der Waals surface area contributed by atoms with Crippen molar-refractivity contribution in [2.24, 2.45) is 0 Å². The molecule has 0 atom stereocenters. The third-order valence-electron chi connectivity index (χ3n) is 9.06. The average molecular weight is 672 g/mol. The van der Waals surface area contributed by atoms with Gasteiger partial charge in [0.05, 0.1) is 18.8 Å². The Morgan fingerprint density at radius 1 is 0.837 bits per heavy atom. The Balaban J connectivity index is 1.34. The number of unbranched alkanes of at least 4 members (excludes halogenated alkanes) is 2. The Hall–Kier alpha value is -4.41. The van der Waals surface area contributed by atoms with Crippen molar-refractivity contribution in [2.45, 2.75) is 71.9 Å². The number of likely N-dealkylation sites (N-methyl/N-ethyl adjacent to an activating group) is 1. The van der Waals surface area contributed by atoms with Gasteiger partial charge in [0, 0.05) is 38.2 Å². The Kier molecular flexibility index (Phi) is 14.9. The number of para-hydroxylation sites is 1. The van der Waals surface area contributed by atoms with E-state index in [9.17, 15) is 19.5 Å². The maximum absolute atomic E-state index is 13.9. The molecule has 49 heavy (non-hydrogen) atoms. The van der Waals surface area contributed by atoms with Gasteiger partial charge < -0.3 is 14.7 Å². The molecule has 1 heterocycles. The number of rotatable bonds is 16. The van der Waals surface area contributed by atoms with E-state index >= 15 is 0 Å². The summed E-state index contributed by atoms with van der Waals surface area (Å²) in [6.07, 6.45) is 3.71. The number of piperidine rings is 1. The van der Waals surface area contributed by atoms with E-state index in [1.165, 1.54) is 0 Å². The second-order valence-corrected chi connectivity index (χ2v) is 12.5. The molecule has 0 bridgehead atoms. The molecule has 0 spiro atoms. The summed E-state index contributed by atoms with van der Waals surface area (Å²) in [5, 5.41) is 16.0. The number of phenols is 1. The summed E-state index contributed by atoms with van der Waals surface area (Å²) in [5.41, 5.74) is 3.49. The first-order valence-corrected chi connectivity index (χ1v) is 17.8. The molecule has 0 aromatic heterocycles. The van der Waals surface area contributed by atoms with Gasteiger partial charge in [-0.2, -0.15) is 0 Å². The van der Waals surface area contributed by atoms with Gasteiger partial charge in [-0.05, 0) is 61.7 Å². The number of aromatic hydroxyl groups is 1. The van der Waals surface area contributed by atoms with E-state index in [-0.39, 0.29) is 43.2 Å². The predicted molar refractivity (Wildman–Crippen MR) is 194 cm³/mol. The molecule has 10 heteroatoms. The Morgan fingerprint density at radius 2 is 1.51 bits per heavy atom. The monoisotopic (exact) mass is 671 g/mol. The van der Waals surface area contributed by atoms with Crippen LogP contribution in [0.4, 0.5) is 10.5 Å². The number of nitrogens with zero attached hydrogens (tertiary/aromatic N) is 4. The number of anilines is 1. The molecule has 10 nitrogen and oxygen atoms in total. The molecule has 0 radical (unpaired) electrons. The van der Waals surface area contributed by atoms with Crippen LogP contribution in [0.1, 0.15) is 64.9 Å². The van der Waals surface area contributed by atoms with E-state index < -0.39 is 6.09 Å². The van der Waals surface area contributed by atoms with E-state index in [1.54, 1.807) is 34.3 Å². The number of hydrogen-bond donors (Lipinski definition) is 2. The molecule has 3 aromatic rings. The van der Waals surface area contributed by atoms with Crippen LogP contribution < -0.4 is 5.32 Å². The third-order valence-corrected chi connectivity index (χ3v) is 9.06. The van der Waals surface area contributed by atoms with Crippen molar-refractivity contribution < 1.29 is 24.2 Å². The summed E-state index contributed by atoms with van der Waals surface area (Å²) >= 11 is 0. The van der Waals surface area contributed by atoms with Crippen molar-refractivity contribution in [2.75, 3.05) is 51.1 Å². The van der Waals surface area contributed by atoms with Gasteiger partial charge in [0.15, 0.2) is 0 Å². The highest BCUT2D eigenvalue weighted by Crippen LogP contribution is 2.28. The molecular formula is C39H53N5O5. The lowest BCUT2D eigenvalue weighted by atomic mass is 10.0. The van der Waals surface area contributed by atoms with Crippen molar-refractivity contribution in [1.82, 2.24) is 19.8 Å². The topological polar surface area (TPSA) is 106 Å². The van der Waals surface area contributed by atoms with Gasteiger partial charge in [-0.3, -0.25) is 24.8 Å². The van der Waals surface area contributed by atoms with Gasteiger partial charge in [-0.15, -0.1) is 0 Å². The number of benzene rings is 3. The molecule has 1 aliphatic rings. The van der Waals surface area contributed by atoms with E-state index in [1.807, 2.05) is 68.4 Å². The summed E-state index contributed by atoms with van der Waals surface area (Å²) in [5.74, 6) is -0.0503. The smallest absolute Gasteiger partial charge is 0.411 e. The number of carbonyl (C=O) groups excluding carboxylic acids is 3. The van der Waals surface area contributed by atoms with Crippen molar-refractivity contribution in [3.8, 4) is 16.9 Å². The molecule has 1 aliphatic heterocycles. The van der Waals surface area contributed by atoms with Gasteiger partial charge in [0.25, 0.3) is 5.91 Å². The lowest BCUT2D eigenvalue weighted by Gasteiger charge is -2.37. The van der Waals surface area contributed by atoms with Crippen LogP contribution in [0.5, 0.6) is 5.75 Å². The molecule has 264 valence electrons. The van der Waals surface area contributed by atoms with Gasteiger partial charge in [0.1, 0.15) is 11.9 Å². The van der Waals surface area contributed by atoms with E-state index in [0.717, 1.165) is 49.0 Å². The normalized spacial score (nSPS) is 13.6. The molecule has 4 rings (SSSR count). The summed E-state index contributed by atoms with van der Waals surface area (Å²) < 4.78 is 5.81. The van der Waals surface area contributed by atoms with Crippen molar-refractivity contribution >= 4 is 23.6 Å². The van der Waals surface area contributed by atoms with Crippen molar-refractivity contribution in [3.05, 3.63) is 84.4 Å². The fourth-order valence-electron chi connectivity index (χ4n) is 6.08. The quantitative estimate of drug-likeness (QED) is 0.128. The summed E-state index contributed by atoms with van der Waals surface area (Å²) in [6.45, 7) is 10.6. The van der Waals surface area contributed by atoms with Crippen LogP contribution in [0.2, 0.25) is 0 Å². The highest BCUT2D eigenvalue weighted by Gasteiger charge is 2.29. The number of likely N-dealkylation sites (tertiary alicyclic amines) is 1.